The van der Waals surface area contributed by atoms with Crippen molar-refractivity contribution in [3.8, 4) is 22.6 Å². The molecule has 0 aliphatic heterocycles. The first kappa shape index (κ1) is 28.3. The molecule has 0 unspecified atom stereocenters. The van der Waals surface area contributed by atoms with Gasteiger partial charge in [0.05, 0.1) is 0 Å². The maximum Gasteiger partial charge on any atom is 0.227 e. The average molecular weight is 639 g/mol. The average Bonchev–Trinajstić information content (AvgIpc) is 3.63. The van der Waals surface area contributed by atoms with Gasteiger partial charge in [0.25, 0.3) is 0 Å². The van der Waals surface area contributed by atoms with Crippen LogP contribution in [0.5, 0.6) is 0 Å². The van der Waals surface area contributed by atoms with Crippen molar-refractivity contribution in [1.82, 2.24) is 4.98 Å². The van der Waals surface area contributed by atoms with Crippen molar-refractivity contribution < 1.29 is 4.42 Å². The van der Waals surface area contributed by atoms with E-state index in [1.165, 1.54) is 37.7 Å². The Morgan fingerprint density at radius 2 is 0.960 bits per heavy atom. The van der Waals surface area contributed by atoms with Crippen molar-refractivity contribution in [2.45, 2.75) is 0 Å². The van der Waals surface area contributed by atoms with E-state index in [1.807, 2.05) is 6.07 Å². The van der Waals surface area contributed by atoms with Gasteiger partial charge in [0.1, 0.15) is 5.52 Å². The molecule has 0 radical (unpaired) electrons. The van der Waals surface area contributed by atoms with Gasteiger partial charge >= 0.3 is 0 Å². The minimum absolute atomic E-state index is 0.632. The predicted molar refractivity (Wildman–Crippen MR) is 210 cm³/mol. The predicted octanol–water partition coefficient (Wildman–Crippen LogP) is 13.2. The van der Waals surface area contributed by atoms with Crippen LogP contribution < -0.4 is 4.90 Å². The van der Waals surface area contributed by atoms with Crippen molar-refractivity contribution in [2.24, 2.45) is 0 Å². The molecule has 0 N–H and O–H groups in total. The number of hydrogen-bond donors (Lipinski definition) is 0. The fourth-order valence-electron chi connectivity index (χ4n) is 7.46. The van der Waals surface area contributed by atoms with Crippen LogP contribution in [0.3, 0.4) is 0 Å². The Morgan fingerprint density at radius 3 is 1.78 bits per heavy atom. The summed E-state index contributed by atoms with van der Waals surface area (Å²) in [5.41, 5.74) is 8.00. The van der Waals surface area contributed by atoms with Crippen LogP contribution in [0, 0.1) is 0 Å². The quantitative estimate of drug-likeness (QED) is 0.176. The van der Waals surface area contributed by atoms with E-state index in [0.29, 0.717) is 5.89 Å². The number of rotatable bonds is 5. The second kappa shape index (κ2) is 11.5. The van der Waals surface area contributed by atoms with E-state index in [-0.39, 0.29) is 0 Å². The smallest absolute Gasteiger partial charge is 0.227 e. The molecular weight excluding hydrogens is 609 g/mol. The summed E-state index contributed by atoms with van der Waals surface area (Å²) in [6, 6.07) is 64.6. The van der Waals surface area contributed by atoms with E-state index < -0.39 is 0 Å². The van der Waals surface area contributed by atoms with Crippen LogP contribution in [0.4, 0.5) is 17.1 Å². The summed E-state index contributed by atoms with van der Waals surface area (Å²) in [4.78, 5) is 7.26. The van der Waals surface area contributed by atoms with E-state index in [2.05, 4.69) is 181 Å². The molecule has 1 aromatic heterocycles. The van der Waals surface area contributed by atoms with Crippen molar-refractivity contribution in [3.63, 3.8) is 0 Å². The molecule has 1 heterocycles. The molecule has 0 bridgehead atoms. The van der Waals surface area contributed by atoms with Gasteiger partial charge < -0.3 is 9.32 Å². The second-order valence-electron chi connectivity index (χ2n) is 12.8. The Bertz CT molecular complexity index is 2870. The monoisotopic (exact) mass is 638 g/mol. The van der Waals surface area contributed by atoms with E-state index in [0.717, 1.165) is 50.2 Å². The van der Waals surface area contributed by atoms with Gasteiger partial charge in [-0.2, -0.15) is 0 Å². The molecule has 0 fully saturated rings. The Hall–Kier alpha value is -6.71. The molecule has 0 saturated carbocycles. The zero-order valence-electron chi connectivity index (χ0n) is 27.1. The highest BCUT2D eigenvalue weighted by Gasteiger charge is 2.17. The maximum atomic E-state index is 6.55. The minimum atomic E-state index is 0.632. The lowest BCUT2D eigenvalue weighted by Crippen LogP contribution is -2.09. The Morgan fingerprint density at radius 1 is 0.380 bits per heavy atom. The van der Waals surface area contributed by atoms with Gasteiger partial charge in [0.15, 0.2) is 5.58 Å². The molecule has 9 aromatic carbocycles. The van der Waals surface area contributed by atoms with Crippen LogP contribution in [0.15, 0.2) is 186 Å². The van der Waals surface area contributed by atoms with Crippen molar-refractivity contribution >= 4 is 71.3 Å². The molecule has 0 saturated heterocycles. The van der Waals surface area contributed by atoms with Gasteiger partial charge in [0, 0.05) is 28.2 Å². The molecule has 50 heavy (non-hydrogen) atoms. The number of benzene rings is 9. The summed E-state index contributed by atoms with van der Waals surface area (Å²) >= 11 is 0. The summed E-state index contributed by atoms with van der Waals surface area (Å²) < 4.78 is 6.55. The topological polar surface area (TPSA) is 29.3 Å². The lowest BCUT2D eigenvalue weighted by molar-refractivity contribution is 0.621. The second-order valence-corrected chi connectivity index (χ2v) is 12.8. The third-order valence-electron chi connectivity index (χ3n) is 9.87. The van der Waals surface area contributed by atoms with Crippen LogP contribution in [0.2, 0.25) is 0 Å². The summed E-state index contributed by atoms with van der Waals surface area (Å²) in [5, 5.41) is 9.82. The highest BCUT2D eigenvalue weighted by molar-refractivity contribution is 6.17. The van der Waals surface area contributed by atoms with E-state index in [4.69, 9.17) is 9.40 Å². The number of anilines is 3. The highest BCUT2D eigenvalue weighted by Crippen LogP contribution is 2.40. The van der Waals surface area contributed by atoms with E-state index in [1.54, 1.807) is 0 Å². The lowest BCUT2D eigenvalue weighted by atomic mass is 9.96. The van der Waals surface area contributed by atoms with Gasteiger partial charge in [-0.15, -0.1) is 0 Å². The molecule has 0 atom stereocenters. The third kappa shape index (κ3) is 4.63. The van der Waals surface area contributed by atoms with Crippen LogP contribution in [-0.2, 0) is 0 Å². The summed E-state index contributed by atoms with van der Waals surface area (Å²) in [6.45, 7) is 0. The van der Waals surface area contributed by atoms with Gasteiger partial charge in [0.2, 0.25) is 5.89 Å². The molecule has 234 valence electrons. The molecule has 3 nitrogen and oxygen atoms in total. The molecule has 3 heteroatoms. The minimum Gasteiger partial charge on any atom is -0.435 e. The van der Waals surface area contributed by atoms with Crippen LogP contribution >= 0.6 is 0 Å². The zero-order chi connectivity index (χ0) is 33.0. The number of aromatic nitrogens is 1. The number of fused-ring (bicyclic) bond motifs is 7. The summed E-state index contributed by atoms with van der Waals surface area (Å²) in [7, 11) is 0. The Labute approximate surface area is 289 Å². The molecule has 0 amide bonds. The van der Waals surface area contributed by atoms with Crippen LogP contribution in [0.1, 0.15) is 0 Å². The van der Waals surface area contributed by atoms with E-state index >= 15 is 0 Å². The maximum absolute atomic E-state index is 6.55. The summed E-state index contributed by atoms with van der Waals surface area (Å²) in [6.07, 6.45) is 0. The molecular formula is C47H30N2O. The largest absolute Gasteiger partial charge is 0.435 e. The first-order valence-corrected chi connectivity index (χ1v) is 17.0. The summed E-state index contributed by atoms with van der Waals surface area (Å²) in [5.74, 6) is 0.632. The SMILES string of the molecule is c1ccc(N(c2ccc(-c3cccc4nc(-c5cccc6ccccc56)oc34)cc2)c2ccc3ccc4c5ccccc5ccc4c3c2)cc1. The van der Waals surface area contributed by atoms with Crippen molar-refractivity contribution in [3.05, 3.63) is 182 Å². The number of hydrogen-bond acceptors (Lipinski definition) is 3. The number of nitrogens with zero attached hydrogens (tertiary/aromatic N) is 2. The Balaban J connectivity index is 1.08. The van der Waals surface area contributed by atoms with Crippen molar-refractivity contribution in [1.29, 1.82) is 0 Å². The van der Waals surface area contributed by atoms with Gasteiger partial charge in [-0.05, 0) is 97.2 Å². The highest BCUT2D eigenvalue weighted by atomic mass is 16.3. The molecule has 0 aliphatic carbocycles. The molecule has 0 aliphatic rings. The fourth-order valence-corrected chi connectivity index (χ4v) is 7.46. The number of para-hydroxylation sites is 2. The molecule has 10 rings (SSSR count). The third-order valence-corrected chi connectivity index (χ3v) is 9.87. The molecule has 10 aromatic rings. The standard InChI is InChI=1S/C47H30N2O/c1-2-13-35(14-3-1)49(37-27-22-34-24-28-41-38-15-6-5-11-32(38)23-29-42(41)44(34)30-37)36-25-20-33(21-26-36)40-17-9-19-45-46(40)50-47(48-45)43-18-8-12-31-10-4-7-16-39(31)43/h1-30H. The van der Waals surface area contributed by atoms with Crippen LogP contribution in [0.25, 0.3) is 76.8 Å². The number of oxazole rings is 1. The lowest BCUT2D eigenvalue weighted by Gasteiger charge is -2.26. The van der Waals surface area contributed by atoms with Crippen molar-refractivity contribution in [2.75, 3.05) is 4.90 Å². The molecule has 0 spiro atoms. The Kier molecular flexibility index (Phi) is 6.49. The first-order chi connectivity index (χ1) is 24.8. The van der Waals surface area contributed by atoms with Gasteiger partial charge in [-0.1, -0.05) is 133 Å². The van der Waals surface area contributed by atoms with Gasteiger partial charge in [-0.25, -0.2) is 4.98 Å². The van der Waals surface area contributed by atoms with Crippen LogP contribution in [-0.4, -0.2) is 4.98 Å². The first-order valence-electron chi connectivity index (χ1n) is 17.0. The van der Waals surface area contributed by atoms with E-state index in [9.17, 15) is 0 Å². The fraction of sp³-hybridized carbons (Fsp3) is 0. The normalized spacial score (nSPS) is 11.6. The van der Waals surface area contributed by atoms with Gasteiger partial charge in [-0.3, -0.25) is 0 Å². The zero-order valence-corrected chi connectivity index (χ0v) is 27.1.